The third kappa shape index (κ3) is 7.85. The van der Waals surface area contributed by atoms with E-state index in [0.29, 0.717) is 5.56 Å². The number of aliphatic hydroxyl groups excluding tert-OH is 2. The van der Waals surface area contributed by atoms with Crippen molar-refractivity contribution in [2.45, 2.75) is 134 Å². The number of esters is 4. The van der Waals surface area contributed by atoms with Gasteiger partial charge < -0.3 is 49.1 Å². The van der Waals surface area contributed by atoms with Crippen molar-refractivity contribution in [2.75, 3.05) is 6.61 Å². The molecule has 4 N–H and O–H groups in total. The molecule has 17 heteroatoms. The molecule has 2 aromatic rings. The van der Waals surface area contributed by atoms with Crippen molar-refractivity contribution in [1.29, 1.82) is 0 Å². The van der Waals surface area contributed by atoms with Crippen LogP contribution in [-0.4, -0.2) is 117 Å². The average molecular weight is 870 g/mol. The number of benzene rings is 2. The summed E-state index contributed by atoms with van der Waals surface area (Å²) in [6, 6.07) is 14.2. The lowest BCUT2D eigenvalue weighted by Crippen LogP contribution is -2.85. The number of carbonyl (C=O) groups is 6. The Morgan fingerprint density at radius 3 is 2.05 bits per heavy atom. The van der Waals surface area contributed by atoms with Crippen molar-refractivity contribution in [3.63, 3.8) is 0 Å². The molecule has 16 nitrogen and oxygen atoms in total. The Morgan fingerprint density at radius 1 is 0.919 bits per heavy atom. The Labute approximate surface area is 358 Å². The fourth-order valence-electron chi connectivity index (χ4n) is 10.4. The molecule has 2 aromatic carbocycles. The van der Waals surface area contributed by atoms with Crippen LogP contribution in [0.3, 0.4) is 0 Å². The zero-order valence-corrected chi connectivity index (χ0v) is 36.2. The van der Waals surface area contributed by atoms with Gasteiger partial charge in [-0.3, -0.25) is 14.4 Å². The van der Waals surface area contributed by atoms with Crippen LogP contribution in [-0.2, 0) is 47.6 Å². The first-order chi connectivity index (χ1) is 28.8. The minimum atomic E-state index is -2.47. The van der Waals surface area contributed by atoms with Gasteiger partial charge in [0.1, 0.15) is 35.6 Å². The number of alkyl halides is 1. The molecular weight excluding hydrogens is 813 g/mol. The van der Waals surface area contributed by atoms with Gasteiger partial charge >= 0.3 is 30.0 Å². The lowest BCUT2D eigenvalue weighted by molar-refractivity contribution is -0.369. The lowest BCUT2D eigenvalue weighted by Gasteiger charge is -2.69. The predicted octanol–water partition coefficient (Wildman–Crippen LogP) is 3.71. The SMILES string of the molecule is CC(=O)OC1C(=O)C2(C)C(O)C(F)C3OCC3(OC(C)=O)C2C(OC(=O)c2ccccc2)C2(O)CC(OC(=O)C(O)C(NC(=O)OC(C)(C)C)c3ccccc3)C(C)C1C2(C)C. The summed E-state index contributed by atoms with van der Waals surface area (Å²) in [5.41, 5.74) is -9.36. The maximum absolute atomic E-state index is 16.6. The van der Waals surface area contributed by atoms with Crippen molar-refractivity contribution in [1.82, 2.24) is 5.32 Å². The minimum Gasteiger partial charge on any atom is -0.460 e. The van der Waals surface area contributed by atoms with Gasteiger partial charge in [0.25, 0.3) is 0 Å². The summed E-state index contributed by atoms with van der Waals surface area (Å²) < 4.78 is 51.7. The summed E-state index contributed by atoms with van der Waals surface area (Å²) in [6.45, 7) is 12.2. The van der Waals surface area contributed by atoms with E-state index in [1.807, 2.05) is 0 Å². The molecule has 1 heterocycles. The molecule has 6 rings (SSSR count). The van der Waals surface area contributed by atoms with E-state index in [1.54, 1.807) is 76.2 Å². The molecule has 4 aliphatic rings. The van der Waals surface area contributed by atoms with Gasteiger partial charge in [0.05, 0.1) is 29.5 Å². The number of alkyl carbamates (subject to hydrolysis) is 1. The summed E-state index contributed by atoms with van der Waals surface area (Å²) in [5.74, 6) is -9.40. The van der Waals surface area contributed by atoms with Gasteiger partial charge in [0.15, 0.2) is 29.8 Å². The molecule has 3 aliphatic carbocycles. The number of rotatable bonds is 9. The molecule has 0 spiro atoms. The van der Waals surface area contributed by atoms with Crippen LogP contribution in [0, 0.1) is 28.6 Å². The van der Waals surface area contributed by atoms with E-state index >= 15 is 9.18 Å². The topological polar surface area (TPSA) is 231 Å². The Morgan fingerprint density at radius 2 is 1.52 bits per heavy atom. The average Bonchev–Trinajstić information content (AvgIpc) is 3.18. The first-order valence-corrected chi connectivity index (χ1v) is 20.6. The van der Waals surface area contributed by atoms with Gasteiger partial charge in [-0.15, -0.1) is 0 Å². The predicted molar refractivity (Wildman–Crippen MR) is 213 cm³/mol. The van der Waals surface area contributed by atoms with Crippen LogP contribution in [0.5, 0.6) is 0 Å². The number of hydrogen-bond acceptors (Lipinski definition) is 15. The summed E-state index contributed by atoms with van der Waals surface area (Å²) in [7, 11) is 0. The van der Waals surface area contributed by atoms with Gasteiger partial charge in [-0.1, -0.05) is 69.3 Å². The molecule has 4 fully saturated rings. The Hall–Kier alpha value is -4.97. The largest absolute Gasteiger partial charge is 0.460 e. The second-order valence-corrected chi connectivity index (χ2v) is 18.7. The summed E-state index contributed by atoms with van der Waals surface area (Å²) in [4.78, 5) is 82.9. The number of carbonyl (C=O) groups excluding carboxylic acids is 6. The molecule has 14 unspecified atom stereocenters. The minimum absolute atomic E-state index is 0.000671. The van der Waals surface area contributed by atoms with Crippen LogP contribution in [0.1, 0.15) is 90.7 Å². The third-order valence-electron chi connectivity index (χ3n) is 13.4. The van der Waals surface area contributed by atoms with Gasteiger partial charge in [-0.25, -0.2) is 18.8 Å². The maximum atomic E-state index is 16.6. The maximum Gasteiger partial charge on any atom is 0.408 e. The van der Waals surface area contributed by atoms with Crippen molar-refractivity contribution >= 4 is 35.8 Å². The summed E-state index contributed by atoms with van der Waals surface area (Å²) >= 11 is 0. The molecule has 3 saturated carbocycles. The van der Waals surface area contributed by atoms with Crippen LogP contribution in [0.2, 0.25) is 0 Å². The second kappa shape index (κ2) is 16.6. The summed E-state index contributed by atoms with van der Waals surface area (Å²) in [6.07, 6.45) is -15.3. The number of ether oxygens (including phenoxy) is 6. The molecule has 2 bridgehead atoms. The number of Topliss-reactive ketones (excluding diaryl/α,β-unsaturated/α-hetero) is 1. The van der Waals surface area contributed by atoms with Crippen molar-refractivity contribution in [3.8, 4) is 0 Å². The van der Waals surface area contributed by atoms with E-state index < -0.39 is 143 Å². The fourth-order valence-corrected chi connectivity index (χ4v) is 10.4. The molecule has 1 saturated heterocycles. The standard InChI is InChI=1S/C45H56FNO15/c1-22-27(59-39(54)31(50)30(25-16-12-10-13-17-25)47-40(55)62-41(4,5)6)20-45(56)37(60-38(53)26-18-14-11-15-19-26)33-43(9,35(52)32(58-23(2)48)28(22)42(45,7)8)34(51)29(46)36-44(33,21-57-36)61-24(3)49/h10-19,22,27-34,36-37,50-51,56H,20-21H2,1-9H3,(H,47,55). The number of nitrogens with one attached hydrogen (secondary N) is 1. The van der Waals surface area contributed by atoms with E-state index in [9.17, 15) is 39.3 Å². The number of hydrogen-bond donors (Lipinski definition) is 4. The number of ketones is 1. The Kier molecular flexibility index (Phi) is 12.5. The van der Waals surface area contributed by atoms with Crippen molar-refractivity contribution < 1.29 is 76.9 Å². The lowest BCUT2D eigenvalue weighted by atomic mass is 9.42. The van der Waals surface area contributed by atoms with Crippen LogP contribution in [0.4, 0.5) is 9.18 Å². The zero-order chi connectivity index (χ0) is 45.9. The number of fused-ring (bicyclic) bond motifs is 5. The van der Waals surface area contributed by atoms with Gasteiger partial charge in [0, 0.05) is 37.5 Å². The highest BCUT2D eigenvalue weighted by Gasteiger charge is 2.81. The molecule has 0 aromatic heterocycles. The molecule has 1 aliphatic heterocycles. The van der Waals surface area contributed by atoms with Crippen LogP contribution >= 0.6 is 0 Å². The quantitative estimate of drug-likeness (QED) is 0.208. The normalized spacial score (nSPS) is 35.7. The van der Waals surface area contributed by atoms with Gasteiger partial charge in [0.2, 0.25) is 0 Å². The van der Waals surface area contributed by atoms with E-state index in [0.717, 1.165) is 13.8 Å². The van der Waals surface area contributed by atoms with Gasteiger partial charge in [-0.2, -0.15) is 0 Å². The van der Waals surface area contributed by atoms with E-state index in [4.69, 9.17) is 28.4 Å². The second-order valence-electron chi connectivity index (χ2n) is 18.7. The molecule has 338 valence electrons. The van der Waals surface area contributed by atoms with Crippen LogP contribution in [0.25, 0.3) is 0 Å². The van der Waals surface area contributed by atoms with E-state index in [1.165, 1.54) is 32.9 Å². The first kappa shape index (κ1) is 46.5. The molecule has 1 amide bonds. The molecule has 62 heavy (non-hydrogen) atoms. The monoisotopic (exact) mass is 869 g/mol. The van der Waals surface area contributed by atoms with Crippen LogP contribution in [0.15, 0.2) is 60.7 Å². The highest BCUT2D eigenvalue weighted by molar-refractivity contribution is 5.93. The molecule has 0 radical (unpaired) electrons. The summed E-state index contributed by atoms with van der Waals surface area (Å²) in [5, 5.41) is 39.8. The number of aliphatic hydroxyl groups is 3. The third-order valence-corrected chi connectivity index (χ3v) is 13.4. The van der Waals surface area contributed by atoms with E-state index in [-0.39, 0.29) is 5.56 Å². The fraction of sp³-hybridized carbons (Fsp3) is 0.600. The number of amides is 1. The molecule has 14 atom stereocenters. The highest BCUT2D eigenvalue weighted by atomic mass is 19.1. The smallest absolute Gasteiger partial charge is 0.408 e. The van der Waals surface area contributed by atoms with Crippen molar-refractivity contribution in [2.24, 2.45) is 28.6 Å². The Bertz CT molecular complexity index is 2060. The van der Waals surface area contributed by atoms with Crippen LogP contribution < -0.4 is 5.32 Å². The Balaban J connectivity index is 1.53. The van der Waals surface area contributed by atoms with Gasteiger partial charge in [-0.05, 0) is 45.4 Å². The highest BCUT2D eigenvalue weighted by Crippen LogP contribution is 2.65. The number of halogens is 1. The van der Waals surface area contributed by atoms with E-state index in [2.05, 4.69) is 5.32 Å². The zero-order valence-electron chi connectivity index (χ0n) is 36.2. The molecular formula is C45H56FNO15. The first-order valence-electron chi connectivity index (χ1n) is 20.6. The van der Waals surface area contributed by atoms with Crippen molar-refractivity contribution in [3.05, 3.63) is 71.8 Å².